The number of nitriles is 1. The number of nitrogens with zero attached hydrogens (tertiary/aromatic N) is 5. The number of nitrogens with one attached hydrogen (secondary N) is 1. The third-order valence-corrected chi connectivity index (χ3v) is 5.22. The number of carbonyl (C=O) groups excluding carboxylic acids is 1. The molecule has 3 aromatic rings. The topological polar surface area (TPSA) is 107 Å². The molecule has 1 N–H and O–H groups in total. The number of hydrogen-bond acceptors (Lipinski definition) is 7. The Morgan fingerprint density at radius 2 is 1.84 bits per heavy atom. The number of rotatable bonds is 3. The molecule has 2 aromatic heterocycles. The molecule has 1 saturated heterocycles. The van der Waals surface area contributed by atoms with E-state index in [4.69, 9.17) is 14.5 Å². The number of amides is 1. The fourth-order valence-corrected chi connectivity index (χ4v) is 3.67. The Labute approximate surface area is 186 Å². The normalized spacial score (nSPS) is 14.3. The second-order valence-electron chi connectivity index (χ2n) is 8.60. The quantitative estimate of drug-likeness (QED) is 0.671. The minimum absolute atomic E-state index is 0.320. The van der Waals surface area contributed by atoms with Crippen LogP contribution in [0.25, 0.3) is 22.6 Å². The predicted molar refractivity (Wildman–Crippen MR) is 121 cm³/mol. The zero-order valence-electron chi connectivity index (χ0n) is 18.7. The van der Waals surface area contributed by atoms with Crippen LogP contribution in [0.15, 0.2) is 30.5 Å². The highest BCUT2D eigenvalue weighted by Gasteiger charge is 2.28. The lowest BCUT2D eigenvalue weighted by molar-refractivity contribution is 0.0240. The molecule has 0 aliphatic carbocycles. The lowest BCUT2D eigenvalue weighted by Gasteiger charge is -2.37. The maximum Gasteiger partial charge on any atom is 0.410 e. The van der Waals surface area contributed by atoms with E-state index in [1.807, 2.05) is 45.0 Å². The van der Waals surface area contributed by atoms with Crippen LogP contribution in [-0.4, -0.2) is 64.8 Å². The second kappa shape index (κ2) is 8.38. The molecule has 9 heteroatoms. The third kappa shape index (κ3) is 4.30. The van der Waals surface area contributed by atoms with E-state index in [1.54, 1.807) is 18.2 Å². The predicted octanol–water partition coefficient (Wildman–Crippen LogP) is 3.56. The van der Waals surface area contributed by atoms with E-state index < -0.39 is 5.60 Å². The van der Waals surface area contributed by atoms with E-state index in [-0.39, 0.29) is 6.09 Å². The van der Waals surface area contributed by atoms with Crippen LogP contribution in [0.4, 0.5) is 10.5 Å². The molecule has 0 saturated carbocycles. The van der Waals surface area contributed by atoms with Gasteiger partial charge in [0.15, 0.2) is 5.65 Å². The molecule has 0 bridgehead atoms. The van der Waals surface area contributed by atoms with Crippen LogP contribution in [-0.2, 0) is 4.74 Å². The lowest BCUT2D eigenvalue weighted by Crippen LogP contribution is -2.50. The van der Waals surface area contributed by atoms with Crippen LogP contribution >= 0.6 is 0 Å². The summed E-state index contributed by atoms with van der Waals surface area (Å²) in [7, 11) is 1.62. The first-order valence-electron chi connectivity index (χ1n) is 10.4. The van der Waals surface area contributed by atoms with Crippen LogP contribution < -0.4 is 9.64 Å². The zero-order chi connectivity index (χ0) is 22.9. The summed E-state index contributed by atoms with van der Waals surface area (Å²) < 4.78 is 10.7. The first kappa shape index (κ1) is 21.4. The SMILES string of the molecule is COc1ccc(-c2nc3c(N4CCN(C(=O)OC(C)(C)C)CC4)c(C#N)cnc3[nH]2)cc1. The van der Waals surface area contributed by atoms with Gasteiger partial charge >= 0.3 is 6.09 Å². The van der Waals surface area contributed by atoms with Gasteiger partial charge in [0.25, 0.3) is 0 Å². The summed E-state index contributed by atoms with van der Waals surface area (Å²) in [6, 6.07) is 9.81. The average molecular weight is 435 g/mol. The Balaban J connectivity index is 1.61. The summed E-state index contributed by atoms with van der Waals surface area (Å²) in [4.78, 5) is 28.6. The molecule has 1 fully saturated rings. The van der Waals surface area contributed by atoms with Gasteiger partial charge in [-0.1, -0.05) is 0 Å². The van der Waals surface area contributed by atoms with Crippen molar-refractivity contribution in [1.29, 1.82) is 5.26 Å². The summed E-state index contributed by atoms with van der Waals surface area (Å²) in [5, 5.41) is 9.70. The fraction of sp³-hybridized carbons (Fsp3) is 0.391. The van der Waals surface area contributed by atoms with Gasteiger partial charge in [-0.3, -0.25) is 0 Å². The molecule has 0 unspecified atom stereocenters. The van der Waals surface area contributed by atoms with E-state index in [0.29, 0.717) is 48.7 Å². The standard InChI is InChI=1S/C23H26N6O3/c1-23(2,3)32-22(30)29-11-9-28(10-12-29)19-16(13-24)14-25-21-18(19)26-20(27-21)15-5-7-17(31-4)8-6-15/h5-8,14H,9-12H2,1-4H3,(H,25,26,27). The van der Waals surface area contributed by atoms with Crippen molar-refractivity contribution >= 4 is 22.9 Å². The van der Waals surface area contributed by atoms with Gasteiger partial charge in [0, 0.05) is 37.9 Å². The van der Waals surface area contributed by atoms with Crippen molar-refractivity contribution in [1.82, 2.24) is 19.9 Å². The molecular weight excluding hydrogens is 408 g/mol. The number of hydrogen-bond donors (Lipinski definition) is 1. The Hall–Kier alpha value is -3.80. The molecule has 4 rings (SSSR count). The number of aromatic nitrogens is 3. The van der Waals surface area contributed by atoms with Crippen molar-refractivity contribution < 1.29 is 14.3 Å². The Morgan fingerprint density at radius 1 is 1.16 bits per heavy atom. The zero-order valence-corrected chi connectivity index (χ0v) is 18.7. The smallest absolute Gasteiger partial charge is 0.410 e. The molecule has 32 heavy (non-hydrogen) atoms. The molecule has 1 aliphatic rings. The highest BCUT2D eigenvalue weighted by molar-refractivity contribution is 5.91. The first-order valence-corrected chi connectivity index (χ1v) is 10.4. The molecule has 3 heterocycles. The number of benzene rings is 1. The van der Waals surface area contributed by atoms with Crippen LogP contribution in [0.5, 0.6) is 5.75 Å². The molecule has 1 aliphatic heterocycles. The van der Waals surface area contributed by atoms with Crippen molar-refractivity contribution in [2.45, 2.75) is 26.4 Å². The summed E-state index contributed by atoms with van der Waals surface area (Å²) in [6.07, 6.45) is 1.24. The number of methoxy groups -OCH3 is 1. The minimum Gasteiger partial charge on any atom is -0.497 e. The highest BCUT2D eigenvalue weighted by atomic mass is 16.6. The Morgan fingerprint density at radius 3 is 2.44 bits per heavy atom. The molecular formula is C23H26N6O3. The number of carbonyl (C=O) groups is 1. The van der Waals surface area contributed by atoms with Crippen LogP contribution in [0.2, 0.25) is 0 Å². The minimum atomic E-state index is -0.535. The maximum atomic E-state index is 12.4. The largest absolute Gasteiger partial charge is 0.497 e. The van der Waals surface area contributed by atoms with E-state index in [0.717, 1.165) is 17.0 Å². The number of fused-ring (bicyclic) bond motifs is 1. The lowest BCUT2D eigenvalue weighted by atomic mass is 10.2. The van der Waals surface area contributed by atoms with Crippen molar-refractivity contribution in [2.24, 2.45) is 0 Å². The molecule has 0 atom stereocenters. The van der Waals surface area contributed by atoms with Gasteiger partial charge in [0.2, 0.25) is 0 Å². The highest BCUT2D eigenvalue weighted by Crippen LogP contribution is 2.31. The van der Waals surface area contributed by atoms with Gasteiger partial charge < -0.3 is 24.3 Å². The van der Waals surface area contributed by atoms with E-state index in [2.05, 4.69) is 20.9 Å². The maximum absolute atomic E-state index is 12.4. The third-order valence-electron chi connectivity index (χ3n) is 5.22. The number of aromatic amines is 1. The molecule has 166 valence electrons. The molecule has 9 nitrogen and oxygen atoms in total. The first-order chi connectivity index (χ1) is 15.3. The number of ether oxygens (including phenoxy) is 2. The van der Waals surface area contributed by atoms with Crippen molar-refractivity contribution in [3.05, 3.63) is 36.0 Å². The van der Waals surface area contributed by atoms with Crippen molar-refractivity contribution in [3.63, 3.8) is 0 Å². The van der Waals surface area contributed by atoms with E-state index >= 15 is 0 Å². The van der Waals surface area contributed by atoms with Crippen LogP contribution in [0, 0.1) is 11.3 Å². The Bertz CT molecular complexity index is 1170. The fourth-order valence-electron chi connectivity index (χ4n) is 3.67. The number of imidazole rings is 1. The summed E-state index contributed by atoms with van der Waals surface area (Å²) in [5.74, 6) is 1.43. The second-order valence-corrected chi connectivity index (χ2v) is 8.60. The monoisotopic (exact) mass is 434 g/mol. The molecule has 1 amide bonds. The molecule has 1 aromatic carbocycles. The van der Waals surface area contributed by atoms with E-state index in [9.17, 15) is 10.1 Å². The van der Waals surface area contributed by atoms with Gasteiger partial charge in [-0.05, 0) is 45.0 Å². The van der Waals surface area contributed by atoms with Gasteiger partial charge in [-0.2, -0.15) is 5.26 Å². The van der Waals surface area contributed by atoms with Gasteiger partial charge in [-0.15, -0.1) is 0 Å². The Kier molecular flexibility index (Phi) is 5.61. The average Bonchev–Trinajstić information content (AvgIpc) is 3.21. The van der Waals surface area contributed by atoms with E-state index in [1.165, 1.54) is 0 Å². The summed E-state index contributed by atoms with van der Waals surface area (Å²) >= 11 is 0. The molecule has 0 radical (unpaired) electrons. The number of piperazine rings is 1. The molecule has 0 spiro atoms. The van der Waals surface area contributed by atoms with Crippen molar-refractivity contribution in [3.8, 4) is 23.2 Å². The summed E-state index contributed by atoms with van der Waals surface area (Å²) in [6.45, 7) is 7.69. The van der Waals surface area contributed by atoms with Gasteiger partial charge in [-0.25, -0.2) is 14.8 Å². The summed E-state index contributed by atoms with van der Waals surface area (Å²) in [5.41, 5.74) is 2.79. The number of pyridine rings is 1. The van der Waals surface area contributed by atoms with Gasteiger partial charge in [0.05, 0.1) is 18.4 Å². The van der Waals surface area contributed by atoms with Gasteiger partial charge in [0.1, 0.15) is 28.8 Å². The number of anilines is 1. The van der Waals surface area contributed by atoms with Crippen LogP contribution in [0.1, 0.15) is 26.3 Å². The van der Waals surface area contributed by atoms with Crippen molar-refractivity contribution in [2.75, 3.05) is 38.2 Å². The van der Waals surface area contributed by atoms with Crippen LogP contribution in [0.3, 0.4) is 0 Å². The number of H-pyrrole nitrogens is 1.